The fourth-order valence-electron chi connectivity index (χ4n) is 1.98. The van der Waals surface area contributed by atoms with Crippen molar-refractivity contribution >= 4 is 12.0 Å². The lowest BCUT2D eigenvalue weighted by atomic mass is 10.1. The lowest BCUT2D eigenvalue weighted by Gasteiger charge is -2.26. The van der Waals surface area contributed by atoms with Crippen molar-refractivity contribution in [2.75, 3.05) is 0 Å². The van der Waals surface area contributed by atoms with Gasteiger partial charge in [0.1, 0.15) is 5.60 Å². The number of aromatic nitrogens is 1. The Kier molecular flexibility index (Phi) is 4.73. The molecule has 0 aliphatic heterocycles. The van der Waals surface area contributed by atoms with Crippen molar-refractivity contribution in [3.8, 4) is 0 Å². The van der Waals surface area contributed by atoms with Crippen molar-refractivity contribution in [2.45, 2.75) is 51.4 Å². The minimum Gasteiger partial charge on any atom is -0.443 e. The third-order valence-corrected chi connectivity index (χ3v) is 3.10. The molecule has 1 aliphatic carbocycles. The number of ether oxygens (including phenoxy) is 1. The molecule has 0 aromatic carbocycles. The number of carbonyl (C=O) groups excluding carboxylic acids is 2. The molecule has 0 saturated heterocycles. The van der Waals surface area contributed by atoms with Crippen molar-refractivity contribution in [1.82, 2.24) is 15.4 Å². The van der Waals surface area contributed by atoms with E-state index in [-0.39, 0.29) is 6.04 Å². The Morgan fingerprint density at radius 3 is 2.42 bits per heavy atom. The zero-order valence-electron chi connectivity index (χ0n) is 13.5. The first-order valence-corrected chi connectivity index (χ1v) is 7.33. The van der Waals surface area contributed by atoms with E-state index < -0.39 is 34.9 Å². The van der Waals surface area contributed by atoms with Crippen molar-refractivity contribution in [1.29, 1.82) is 0 Å². The molecule has 1 fully saturated rings. The molecule has 0 unspecified atom stereocenters. The van der Waals surface area contributed by atoms with Crippen LogP contribution in [0.15, 0.2) is 18.5 Å². The first-order valence-electron chi connectivity index (χ1n) is 7.33. The summed E-state index contributed by atoms with van der Waals surface area (Å²) in [5, 5.41) is 0.889. The minimum absolute atomic E-state index is 0.355. The molecule has 1 N–H and O–H groups in total. The maximum absolute atomic E-state index is 13.1. The molecule has 9 heteroatoms. The fraction of sp³-hybridized carbons (Fsp3) is 0.533. The summed E-state index contributed by atoms with van der Waals surface area (Å²) in [7, 11) is 0. The monoisotopic (exact) mass is 345 g/mol. The van der Waals surface area contributed by atoms with Crippen LogP contribution in [0.3, 0.4) is 0 Å². The molecule has 24 heavy (non-hydrogen) atoms. The van der Waals surface area contributed by atoms with Gasteiger partial charge in [0.05, 0.1) is 17.2 Å². The van der Waals surface area contributed by atoms with E-state index in [1.807, 2.05) is 0 Å². The van der Waals surface area contributed by atoms with Gasteiger partial charge in [0.2, 0.25) is 0 Å². The van der Waals surface area contributed by atoms with Crippen LogP contribution in [-0.2, 0) is 10.9 Å². The highest BCUT2D eigenvalue weighted by atomic mass is 19.4. The van der Waals surface area contributed by atoms with Crippen LogP contribution in [-0.4, -0.2) is 33.6 Å². The molecule has 1 heterocycles. The van der Waals surface area contributed by atoms with Gasteiger partial charge in [-0.05, 0) is 39.7 Å². The summed E-state index contributed by atoms with van der Waals surface area (Å²) in [6.45, 7) is 4.91. The second-order valence-electron chi connectivity index (χ2n) is 6.44. The number of carbonyl (C=O) groups is 2. The van der Waals surface area contributed by atoms with E-state index in [2.05, 4.69) is 10.4 Å². The summed E-state index contributed by atoms with van der Waals surface area (Å²) >= 11 is 0. The molecule has 2 rings (SSSR count). The van der Waals surface area contributed by atoms with Gasteiger partial charge < -0.3 is 4.74 Å². The number of halogens is 3. The van der Waals surface area contributed by atoms with Gasteiger partial charge in [0, 0.05) is 12.4 Å². The average molecular weight is 345 g/mol. The highest BCUT2D eigenvalue weighted by Crippen LogP contribution is 2.33. The number of alkyl halides is 3. The quantitative estimate of drug-likeness (QED) is 0.836. The summed E-state index contributed by atoms with van der Waals surface area (Å²) in [5.41, 5.74) is -0.274. The van der Waals surface area contributed by atoms with Crippen LogP contribution in [0.25, 0.3) is 0 Å². The maximum atomic E-state index is 13.1. The Bertz CT molecular complexity index is 637. The summed E-state index contributed by atoms with van der Waals surface area (Å²) in [6, 6.07) is 0.373. The zero-order valence-corrected chi connectivity index (χ0v) is 13.5. The second kappa shape index (κ2) is 6.29. The predicted molar refractivity (Wildman–Crippen MR) is 77.8 cm³/mol. The summed E-state index contributed by atoms with van der Waals surface area (Å²) in [6.07, 6.45) is -2.62. The molecule has 2 amide bonds. The molecule has 132 valence electrons. The van der Waals surface area contributed by atoms with E-state index in [1.54, 1.807) is 20.8 Å². The SMILES string of the molecule is CC(C)(C)OC(=O)NN(C(=O)c1cnccc1C(F)(F)F)C1CC1. The van der Waals surface area contributed by atoms with Crippen molar-refractivity contribution < 1.29 is 27.5 Å². The molecule has 0 spiro atoms. The number of rotatable bonds is 2. The lowest BCUT2D eigenvalue weighted by Crippen LogP contribution is -2.49. The zero-order chi connectivity index (χ0) is 18.1. The van der Waals surface area contributed by atoms with Gasteiger partial charge in [-0.2, -0.15) is 13.2 Å². The third-order valence-electron chi connectivity index (χ3n) is 3.10. The van der Waals surface area contributed by atoms with Crippen LogP contribution >= 0.6 is 0 Å². The summed E-state index contributed by atoms with van der Waals surface area (Å²) < 4.78 is 44.2. The van der Waals surface area contributed by atoms with Crippen LogP contribution in [0.2, 0.25) is 0 Å². The van der Waals surface area contributed by atoms with Crippen molar-refractivity contribution in [3.05, 3.63) is 29.6 Å². The number of hydrogen-bond acceptors (Lipinski definition) is 4. The molecule has 0 atom stereocenters. The van der Waals surface area contributed by atoms with Crippen LogP contribution in [0.5, 0.6) is 0 Å². The highest BCUT2D eigenvalue weighted by Gasteiger charge is 2.40. The molecule has 1 aromatic heterocycles. The number of nitrogens with zero attached hydrogens (tertiary/aromatic N) is 2. The fourth-order valence-corrected chi connectivity index (χ4v) is 1.98. The molecule has 0 bridgehead atoms. The van der Waals surface area contributed by atoms with Gasteiger partial charge >= 0.3 is 12.3 Å². The van der Waals surface area contributed by atoms with Gasteiger partial charge in [0.15, 0.2) is 0 Å². The van der Waals surface area contributed by atoms with E-state index in [0.717, 1.165) is 23.5 Å². The third kappa shape index (κ3) is 4.59. The Morgan fingerprint density at radius 1 is 1.29 bits per heavy atom. The molecular formula is C15H18F3N3O3. The first-order chi connectivity index (χ1) is 11.0. The van der Waals surface area contributed by atoms with Crippen LogP contribution < -0.4 is 5.43 Å². The molecular weight excluding hydrogens is 327 g/mol. The van der Waals surface area contributed by atoms with Gasteiger partial charge in [0.25, 0.3) is 5.91 Å². The number of hydrogen-bond donors (Lipinski definition) is 1. The summed E-state index contributed by atoms with van der Waals surface area (Å²) in [4.78, 5) is 28.0. The van der Waals surface area contributed by atoms with Gasteiger partial charge in [-0.15, -0.1) is 0 Å². The first kappa shape index (κ1) is 18.0. The smallest absolute Gasteiger partial charge is 0.426 e. The number of amides is 2. The van der Waals surface area contributed by atoms with Crippen LogP contribution in [0, 0.1) is 0 Å². The van der Waals surface area contributed by atoms with Gasteiger partial charge in [-0.25, -0.2) is 15.2 Å². The minimum atomic E-state index is -4.70. The lowest BCUT2D eigenvalue weighted by molar-refractivity contribution is -0.138. The molecule has 1 saturated carbocycles. The van der Waals surface area contributed by atoms with E-state index in [1.165, 1.54) is 0 Å². The number of nitrogens with one attached hydrogen (secondary N) is 1. The normalized spacial score (nSPS) is 14.9. The Labute approximate surface area is 137 Å². The predicted octanol–water partition coefficient (Wildman–Crippen LogP) is 3.14. The Hall–Kier alpha value is -2.32. The molecule has 0 radical (unpaired) electrons. The largest absolute Gasteiger partial charge is 0.443 e. The Balaban J connectivity index is 2.24. The van der Waals surface area contributed by atoms with Crippen molar-refractivity contribution in [3.63, 3.8) is 0 Å². The van der Waals surface area contributed by atoms with E-state index in [9.17, 15) is 22.8 Å². The Morgan fingerprint density at radius 2 is 1.92 bits per heavy atom. The van der Waals surface area contributed by atoms with Gasteiger partial charge in [-0.1, -0.05) is 0 Å². The average Bonchev–Trinajstić information content (AvgIpc) is 3.25. The van der Waals surface area contributed by atoms with Crippen LogP contribution in [0.4, 0.5) is 18.0 Å². The molecule has 6 nitrogen and oxygen atoms in total. The van der Waals surface area contributed by atoms with E-state index in [4.69, 9.17) is 4.74 Å². The van der Waals surface area contributed by atoms with E-state index in [0.29, 0.717) is 12.8 Å². The van der Waals surface area contributed by atoms with E-state index >= 15 is 0 Å². The van der Waals surface area contributed by atoms with Gasteiger partial charge in [-0.3, -0.25) is 9.78 Å². The van der Waals surface area contributed by atoms with Crippen molar-refractivity contribution in [2.24, 2.45) is 0 Å². The molecule has 1 aliphatic rings. The summed E-state index contributed by atoms with van der Waals surface area (Å²) in [5.74, 6) is -0.969. The standard InChI is InChI=1S/C15H18F3N3O3/c1-14(2,3)24-13(23)20-21(9-4-5-9)12(22)10-8-19-7-6-11(10)15(16,17)18/h6-9H,4-5H2,1-3H3,(H,20,23). The second-order valence-corrected chi connectivity index (χ2v) is 6.44. The number of hydrazine groups is 1. The molecule has 1 aromatic rings. The highest BCUT2D eigenvalue weighted by molar-refractivity contribution is 5.96. The number of pyridine rings is 1. The van der Waals surface area contributed by atoms with Crippen LogP contribution in [0.1, 0.15) is 49.5 Å². The topological polar surface area (TPSA) is 71.5 Å². The maximum Gasteiger partial charge on any atom is 0.426 e.